The Balaban J connectivity index is 2.86. The van der Waals surface area contributed by atoms with Gasteiger partial charge in [-0.2, -0.15) is 9.90 Å². The van der Waals surface area contributed by atoms with E-state index >= 15 is 0 Å². The van der Waals surface area contributed by atoms with Gasteiger partial charge >= 0.3 is 6.16 Å². The van der Waals surface area contributed by atoms with E-state index in [1.165, 1.54) is 31.4 Å². The van der Waals surface area contributed by atoms with Crippen molar-refractivity contribution in [3.8, 4) is 0 Å². The smallest absolute Gasteiger partial charge is 0.397 e. The minimum absolute atomic E-state index is 0.105. The van der Waals surface area contributed by atoms with E-state index in [-0.39, 0.29) is 5.69 Å². The zero-order valence-electron chi connectivity index (χ0n) is 8.28. The monoisotopic (exact) mass is 226 g/mol. The summed E-state index contributed by atoms with van der Waals surface area (Å²) < 4.78 is 9.03. The van der Waals surface area contributed by atoms with Gasteiger partial charge in [0.05, 0.1) is 4.92 Å². The lowest BCUT2D eigenvalue weighted by Gasteiger charge is -2.12. The highest BCUT2D eigenvalue weighted by Gasteiger charge is 2.17. The lowest BCUT2D eigenvalue weighted by atomic mass is 10.2. The van der Waals surface area contributed by atoms with Crippen molar-refractivity contribution in [2.45, 2.75) is 6.29 Å². The maximum atomic E-state index is 10.4. The molecule has 1 atom stereocenters. The van der Waals surface area contributed by atoms with Gasteiger partial charge in [0, 0.05) is 24.8 Å². The third-order valence-electron chi connectivity index (χ3n) is 1.79. The summed E-state index contributed by atoms with van der Waals surface area (Å²) in [6.45, 7) is 0. The molecule has 0 spiro atoms. The maximum absolute atomic E-state index is 10.4. The number of carbonyl (C=O) groups is 1. The van der Waals surface area contributed by atoms with Gasteiger partial charge in [0.2, 0.25) is 6.29 Å². The fourth-order valence-electron chi connectivity index (χ4n) is 1.09. The Morgan fingerprint density at radius 2 is 1.94 bits per heavy atom. The number of nitro groups is 1. The summed E-state index contributed by atoms with van der Waals surface area (Å²) >= 11 is 0. The van der Waals surface area contributed by atoms with Crippen molar-refractivity contribution in [2.75, 3.05) is 7.11 Å². The fourth-order valence-corrected chi connectivity index (χ4v) is 1.09. The summed E-state index contributed by atoms with van der Waals surface area (Å²) in [6.07, 6.45) is -2.88. The standard InChI is InChI=1S/C9H8NO6/c1-15-8(16-9(11)12)6-2-4-7(5-3-6)10(13)14/h2-5,8H,1H3. The second-order valence-corrected chi connectivity index (χ2v) is 2.78. The molecular formula is C9H8NO6. The zero-order valence-corrected chi connectivity index (χ0v) is 8.28. The number of nitrogens with zero attached hydrogens (tertiary/aromatic N) is 1. The minimum atomic E-state index is -1.73. The molecule has 1 unspecified atom stereocenters. The maximum Gasteiger partial charge on any atom is 0.552 e. The average molecular weight is 226 g/mol. The van der Waals surface area contributed by atoms with Gasteiger partial charge in [0.25, 0.3) is 5.69 Å². The first-order valence-corrected chi connectivity index (χ1v) is 4.19. The van der Waals surface area contributed by atoms with E-state index in [9.17, 15) is 20.0 Å². The number of rotatable bonds is 4. The third kappa shape index (κ3) is 2.92. The molecule has 7 nitrogen and oxygen atoms in total. The van der Waals surface area contributed by atoms with E-state index in [1.54, 1.807) is 0 Å². The molecule has 1 aromatic carbocycles. The van der Waals surface area contributed by atoms with Gasteiger partial charge in [-0.15, -0.1) is 0 Å². The highest BCUT2D eigenvalue weighted by molar-refractivity contribution is 5.56. The molecule has 7 heteroatoms. The summed E-state index contributed by atoms with van der Waals surface area (Å²) in [4.78, 5) is 20.0. The molecule has 0 fully saturated rings. The highest BCUT2D eigenvalue weighted by atomic mass is 16.7. The lowest BCUT2D eigenvalue weighted by molar-refractivity contribution is -0.384. The molecule has 85 valence electrons. The summed E-state index contributed by atoms with van der Waals surface area (Å²) in [7, 11) is 1.25. The summed E-state index contributed by atoms with van der Waals surface area (Å²) in [5, 5.41) is 20.6. The van der Waals surface area contributed by atoms with Gasteiger partial charge in [-0.3, -0.25) is 10.1 Å². The molecule has 1 radical (unpaired) electrons. The van der Waals surface area contributed by atoms with Crippen LogP contribution in [-0.2, 0) is 14.6 Å². The minimum Gasteiger partial charge on any atom is -0.397 e. The fraction of sp³-hybridized carbons (Fsp3) is 0.222. The Kier molecular flexibility index (Phi) is 3.78. The number of carbonyl (C=O) groups excluding carboxylic acids is 1. The van der Waals surface area contributed by atoms with Crippen LogP contribution in [0, 0.1) is 10.1 Å². The van der Waals surface area contributed by atoms with Crippen LogP contribution in [0.25, 0.3) is 0 Å². The number of methoxy groups -OCH3 is 1. The zero-order chi connectivity index (χ0) is 12.1. The number of non-ortho nitro benzene ring substituents is 1. The molecule has 1 rings (SSSR count). The van der Waals surface area contributed by atoms with E-state index < -0.39 is 17.4 Å². The lowest BCUT2D eigenvalue weighted by Crippen LogP contribution is -2.10. The molecule has 16 heavy (non-hydrogen) atoms. The SMILES string of the molecule is COC(OC([O])=O)c1ccc([N+](=O)[O-])cc1. The second kappa shape index (κ2) is 5.08. The number of hydrogen-bond acceptors (Lipinski definition) is 5. The summed E-state index contributed by atoms with van der Waals surface area (Å²) in [6, 6.07) is 5.13. The van der Waals surface area contributed by atoms with Crippen LogP contribution in [0.15, 0.2) is 24.3 Å². The molecule has 0 amide bonds. The number of nitro benzene ring substituents is 1. The van der Waals surface area contributed by atoms with E-state index in [2.05, 4.69) is 4.74 Å². The topological polar surface area (TPSA) is 98.6 Å². The van der Waals surface area contributed by atoms with Gasteiger partial charge in [-0.05, 0) is 12.1 Å². The second-order valence-electron chi connectivity index (χ2n) is 2.78. The molecule has 0 saturated carbocycles. The van der Waals surface area contributed by atoms with Crippen molar-refractivity contribution in [3.63, 3.8) is 0 Å². The molecule has 0 aliphatic heterocycles. The van der Waals surface area contributed by atoms with E-state index in [0.29, 0.717) is 5.56 Å². The number of hydrogen-bond donors (Lipinski definition) is 0. The predicted molar refractivity (Wildman–Crippen MR) is 50.0 cm³/mol. The summed E-state index contributed by atoms with van der Waals surface area (Å²) in [5.41, 5.74) is 0.240. The normalized spacial score (nSPS) is 11.8. The van der Waals surface area contributed by atoms with Crippen LogP contribution >= 0.6 is 0 Å². The largest absolute Gasteiger partial charge is 0.552 e. The number of ether oxygens (including phenoxy) is 2. The van der Waals surface area contributed by atoms with Gasteiger partial charge in [-0.1, -0.05) is 0 Å². The number of benzene rings is 1. The van der Waals surface area contributed by atoms with E-state index in [0.717, 1.165) is 0 Å². The quantitative estimate of drug-likeness (QED) is 0.337. The first kappa shape index (κ1) is 11.9. The molecule has 0 bridgehead atoms. The molecule has 0 saturated heterocycles. The summed E-state index contributed by atoms with van der Waals surface area (Å²) in [5.74, 6) is 0. The van der Waals surface area contributed by atoms with Crippen molar-refractivity contribution in [2.24, 2.45) is 0 Å². The van der Waals surface area contributed by atoms with Gasteiger partial charge in [-0.25, -0.2) is 0 Å². The van der Waals surface area contributed by atoms with Crippen LogP contribution in [0.1, 0.15) is 11.9 Å². The van der Waals surface area contributed by atoms with Gasteiger partial charge < -0.3 is 9.47 Å². The Morgan fingerprint density at radius 1 is 1.38 bits per heavy atom. The van der Waals surface area contributed by atoms with Crippen molar-refractivity contribution < 1.29 is 24.3 Å². The van der Waals surface area contributed by atoms with Crippen LogP contribution in [0.3, 0.4) is 0 Å². The third-order valence-corrected chi connectivity index (χ3v) is 1.79. The van der Waals surface area contributed by atoms with E-state index in [1.807, 2.05) is 0 Å². The molecule has 0 aromatic heterocycles. The molecule has 0 aliphatic carbocycles. The van der Waals surface area contributed by atoms with Crippen LogP contribution in [-0.4, -0.2) is 18.2 Å². The first-order chi connectivity index (χ1) is 7.54. The molecule has 0 N–H and O–H groups in total. The van der Waals surface area contributed by atoms with Crippen LogP contribution < -0.4 is 0 Å². The highest BCUT2D eigenvalue weighted by Crippen LogP contribution is 2.21. The Bertz CT molecular complexity index is 387. The van der Waals surface area contributed by atoms with Crippen molar-refractivity contribution in [3.05, 3.63) is 39.9 Å². The van der Waals surface area contributed by atoms with Crippen LogP contribution in [0.2, 0.25) is 0 Å². The Morgan fingerprint density at radius 3 is 2.31 bits per heavy atom. The van der Waals surface area contributed by atoms with Gasteiger partial charge in [0.15, 0.2) is 0 Å². The van der Waals surface area contributed by atoms with Crippen molar-refractivity contribution in [1.29, 1.82) is 0 Å². The Labute approximate surface area is 90.4 Å². The van der Waals surface area contributed by atoms with Crippen molar-refractivity contribution >= 4 is 11.8 Å². The van der Waals surface area contributed by atoms with Crippen molar-refractivity contribution in [1.82, 2.24) is 0 Å². The van der Waals surface area contributed by atoms with E-state index in [4.69, 9.17) is 4.74 Å². The molecule has 0 aliphatic rings. The van der Waals surface area contributed by atoms with Gasteiger partial charge in [0.1, 0.15) is 0 Å². The molecule has 0 heterocycles. The average Bonchev–Trinajstić information content (AvgIpc) is 2.25. The predicted octanol–water partition coefficient (Wildman–Crippen LogP) is 1.81. The van der Waals surface area contributed by atoms with Crippen LogP contribution in [0.5, 0.6) is 0 Å². The van der Waals surface area contributed by atoms with Crippen LogP contribution in [0.4, 0.5) is 10.5 Å². The molecular weight excluding hydrogens is 218 g/mol. The first-order valence-electron chi connectivity index (χ1n) is 4.19. The Hall–Kier alpha value is -2.15. The molecule has 1 aromatic rings.